The molecule has 0 spiro atoms. The zero-order chi connectivity index (χ0) is 21.1. The largest absolute Gasteiger partial charge is 0.345 e. The van der Waals surface area contributed by atoms with Crippen molar-refractivity contribution in [3.63, 3.8) is 0 Å². The number of carbonyl (C=O) groups is 1. The lowest BCUT2D eigenvalue weighted by Gasteiger charge is -2.34. The number of amides is 1. The molecule has 0 atom stereocenters. The van der Waals surface area contributed by atoms with Crippen molar-refractivity contribution >= 4 is 54.2 Å². The van der Waals surface area contributed by atoms with Crippen LogP contribution < -0.4 is 4.90 Å². The van der Waals surface area contributed by atoms with Crippen LogP contribution in [0.5, 0.6) is 0 Å². The number of para-hydroxylation sites is 1. The number of thioether (sulfide) groups is 1. The van der Waals surface area contributed by atoms with E-state index in [1.54, 1.807) is 52.3 Å². The summed E-state index contributed by atoms with van der Waals surface area (Å²) < 4.78 is 26.0. The van der Waals surface area contributed by atoms with Crippen LogP contribution in [0.3, 0.4) is 0 Å². The van der Waals surface area contributed by atoms with E-state index in [4.69, 9.17) is 4.98 Å². The van der Waals surface area contributed by atoms with Gasteiger partial charge in [-0.15, -0.1) is 11.8 Å². The molecular weight excluding hydrogens is 438 g/mol. The Hall–Kier alpha value is -2.10. The van der Waals surface area contributed by atoms with Crippen LogP contribution in [-0.4, -0.2) is 62.4 Å². The van der Waals surface area contributed by atoms with Crippen LogP contribution in [0.2, 0.25) is 0 Å². The van der Waals surface area contributed by atoms with Gasteiger partial charge in [0.1, 0.15) is 5.75 Å². The smallest absolute Gasteiger partial charge is 0.237 e. The molecule has 1 amide bonds. The van der Waals surface area contributed by atoms with Crippen molar-refractivity contribution in [2.24, 2.45) is 0 Å². The SMILES string of the molecule is CSc1cccc2sc(N3CCN(C(=O)CS(=O)(=O)Cc4ccccc4)CC3)nc12. The summed E-state index contributed by atoms with van der Waals surface area (Å²) in [5.41, 5.74) is 1.73. The lowest BCUT2D eigenvalue weighted by atomic mass is 10.2. The number of hydrogen-bond donors (Lipinski definition) is 0. The number of fused-ring (bicyclic) bond motifs is 1. The van der Waals surface area contributed by atoms with Gasteiger partial charge in [-0.3, -0.25) is 4.79 Å². The maximum atomic E-state index is 12.6. The molecule has 0 bridgehead atoms. The third kappa shape index (κ3) is 4.79. The quantitative estimate of drug-likeness (QED) is 0.525. The van der Waals surface area contributed by atoms with Gasteiger partial charge in [-0.25, -0.2) is 13.4 Å². The number of rotatable bonds is 6. The molecule has 1 fully saturated rings. The Morgan fingerprint density at radius 3 is 2.50 bits per heavy atom. The number of thiazole rings is 1. The highest BCUT2D eigenvalue weighted by Gasteiger charge is 2.27. The predicted molar refractivity (Wildman–Crippen MR) is 124 cm³/mol. The Balaban J connectivity index is 1.37. The maximum absolute atomic E-state index is 12.6. The summed E-state index contributed by atoms with van der Waals surface area (Å²) in [7, 11) is -3.49. The topological polar surface area (TPSA) is 70.6 Å². The van der Waals surface area contributed by atoms with Gasteiger partial charge in [0, 0.05) is 31.1 Å². The summed E-state index contributed by atoms with van der Waals surface area (Å²) >= 11 is 3.34. The van der Waals surface area contributed by atoms with E-state index in [9.17, 15) is 13.2 Å². The fraction of sp³-hybridized carbons (Fsp3) is 0.333. The number of hydrogen-bond acceptors (Lipinski definition) is 7. The van der Waals surface area contributed by atoms with E-state index in [1.165, 1.54) is 0 Å². The van der Waals surface area contributed by atoms with Crippen molar-refractivity contribution in [1.82, 2.24) is 9.88 Å². The molecule has 0 saturated carbocycles. The van der Waals surface area contributed by atoms with Gasteiger partial charge in [0.15, 0.2) is 15.0 Å². The molecule has 1 aliphatic rings. The number of sulfone groups is 1. The zero-order valence-electron chi connectivity index (χ0n) is 16.7. The van der Waals surface area contributed by atoms with Gasteiger partial charge >= 0.3 is 0 Å². The summed E-state index contributed by atoms with van der Waals surface area (Å²) in [6, 6.07) is 15.2. The van der Waals surface area contributed by atoms with Gasteiger partial charge in [0.25, 0.3) is 0 Å². The highest BCUT2D eigenvalue weighted by molar-refractivity contribution is 7.98. The molecule has 1 aromatic heterocycles. The molecule has 158 valence electrons. The molecule has 3 aromatic rings. The number of carbonyl (C=O) groups excluding carboxylic acids is 1. The fourth-order valence-electron chi connectivity index (χ4n) is 3.52. The Kier molecular flexibility index (Phi) is 6.31. The van der Waals surface area contributed by atoms with Crippen molar-refractivity contribution in [3.05, 3.63) is 54.1 Å². The van der Waals surface area contributed by atoms with Gasteiger partial charge in [0.05, 0.1) is 16.0 Å². The van der Waals surface area contributed by atoms with Gasteiger partial charge in [0.2, 0.25) is 5.91 Å². The molecule has 2 heterocycles. The minimum Gasteiger partial charge on any atom is -0.345 e. The summed E-state index contributed by atoms with van der Waals surface area (Å²) in [6.45, 7) is 2.31. The number of piperazine rings is 1. The summed E-state index contributed by atoms with van der Waals surface area (Å²) in [4.78, 5) is 22.4. The third-order valence-corrected chi connectivity index (χ3v) is 8.38. The molecule has 6 nitrogen and oxygen atoms in total. The van der Waals surface area contributed by atoms with E-state index in [1.807, 2.05) is 18.4 Å². The first-order valence-corrected chi connectivity index (χ1v) is 13.5. The second-order valence-electron chi connectivity index (χ2n) is 7.19. The normalized spacial score (nSPS) is 15.0. The Labute approximate surface area is 184 Å². The molecule has 0 unspecified atom stereocenters. The van der Waals surface area contributed by atoms with Gasteiger partial charge in [-0.1, -0.05) is 47.7 Å². The number of nitrogens with zero attached hydrogens (tertiary/aromatic N) is 3. The van der Waals surface area contributed by atoms with Crippen LogP contribution in [0.4, 0.5) is 5.13 Å². The van der Waals surface area contributed by atoms with Crippen molar-refractivity contribution in [3.8, 4) is 0 Å². The molecule has 30 heavy (non-hydrogen) atoms. The van der Waals surface area contributed by atoms with E-state index < -0.39 is 15.6 Å². The third-order valence-electron chi connectivity index (χ3n) is 5.07. The standard InChI is InChI=1S/C21H23N3O3S3/c1-28-17-8-5-9-18-20(17)22-21(29-18)24-12-10-23(11-13-24)19(25)15-30(26,27)14-16-6-3-2-4-7-16/h2-9H,10-15H2,1H3. The fourth-order valence-corrected chi connectivity index (χ4v) is 6.55. The van der Waals surface area contributed by atoms with E-state index in [0.717, 1.165) is 20.2 Å². The van der Waals surface area contributed by atoms with E-state index in [0.29, 0.717) is 31.7 Å². The molecule has 0 N–H and O–H groups in total. The van der Waals surface area contributed by atoms with Crippen LogP contribution in [-0.2, 0) is 20.4 Å². The molecule has 0 radical (unpaired) electrons. The van der Waals surface area contributed by atoms with E-state index in [-0.39, 0.29) is 11.7 Å². The second kappa shape index (κ2) is 8.95. The number of anilines is 1. The number of benzene rings is 2. The zero-order valence-corrected chi connectivity index (χ0v) is 19.1. The van der Waals surface area contributed by atoms with Crippen molar-refractivity contribution in [2.45, 2.75) is 10.6 Å². The molecular formula is C21H23N3O3S3. The van der Waals surface area contributed by atoms with E-state index >= 15 is 0 Å². The Bertz CT molecular complexity index is 1140. The Morgan fingerprint density at radius 1 is 1.07 bits per heavy atom. The van der Waals surface area contributed by atoms with Crippen LogP contribution >= 0.6 is 23.1 Å². The summed E-state index contributed by atoms with van der Waals surface area (Å²) in [5.74, 6) is -0.872. The first-order chi connectivity index (χ1) is 14.4. The lowest BCUT2D eigenvalue weighted by Crippen LogP contribution is -2.50. The summed E-state index contributed by atoms with van der Waals surface area (Å²) in [5, 5.41) is 0.954. The predicted octanol–water partition coefficient (Wildman–Crippen LogP) is 3.28. The van der Waals surface area contributed by atoms with E-state index in [2.05, 4.69) is 17.0 Å². The van der Waals surface area contributed by atoms with Gasteiger partial charge in [-0.05, 0) is 24.0 Å². The molecule has 1 saturated heterocycles. The van der Waals surface area contributed by atoms with Crippen LogP contribution in [0.25, 0.3) is 10.2 Å². The average Bonchev–Trinajstić information content (AvgIpc) is 3.18. The molecule has 2 aromatic carbocycles. The maximum Gasteiger partial charge on any atom is 0.237 e. The van der Waals surface area contributed by atoms with Gasteiger partial charge in [-0.2, -0.15) is 0 Å². The Morgan fingerprint density at radius 2 is 1.80 bits per heavy atom. The van der Waals surface area contributed by atoms with Crippen LogP contribution in [0.1, 0.15) is 5.56 Å². The molecule has 0 aliphatic carbocycles. The van der Waals surface area contributed by atoms with Gasteiger partial charge < -0.3 is 9.80 Å². The average molecular weight is 462 g/mol. The minimum absolute atomic E-state index is 0.108. The lowest BCUT2D eigenvalue weighted by molar-refractivity contribution is -0.128. The molecule has 4 rings (SSSR count). The first-order valence-electron chi connectivity index (χ1n) is 9.66. The van der Waals surface area contributed by atoms with Crippen LogP contribution in [0.15, 0.2) is 53.4 Å². The van der Waals surface area contributed by atoms with Crippen molar-refractivity contribution < 1.29 is 13.2 Å². The number of aromatic nitrogens is 1. The monoisotopic (exact) mass is 461 g/mol. The molecule has 1 aliphatic heterocycles. The highest BCUT2D eigenvalue weighted by atomic mass is 32.2. The van der Waals surface area contributed by atoms with Crippen molar-refractivity contribution in [1.29, 1.82) is 0 Å². The minimum atomic E-state index is -3.49. The first kappa shape index (κ1) is 21.1. The summed E-state index contributed by atoms with van der Waals surface area (Å²) in [6.07, 6.45) is 2.05. The van der Waals surface area contributed by atoms with Crippen LogP contribution in [0, 0.1) is 0 Å². The van der Waals surface area contributed by atoms with Crippen molar-refractivity contribution in [2.75, 3.05) is 43.1 Å². The highest BCUT2D eigenvalue weighted by Crippen LogP contribution is 2.34. The molecule has 9 heteroatoms. The second-order valence-corrected chi connectivity index (χ2v) is 11.1.